The number of rotatable bonds is 2. The Hall–Kier alpha value is -0.610. The normalized spacial score (nSPS) is 31.6. The fraction of sp³-hybridized carbons (Fsp3) is 0.625. The van der Waals surface area contributed by atoms with E-state index in [-0.39, 0.29) is 11.5 Å². The van der Waals surface area contributed by atoms with E-state index in [4.69, 9.17) is 21.1 Å². The molecule has 20 heavy (non-hydrogen) atoms. The second-order valence-electron chi connectivity index (χ2n) is 6.03. The Balaban J connectivity index is 1.79. The molecule has 2 heterocycles. The van der Waals surface area contributed by atoms with Crippen LogP contribution in [0.5, 0.6) is 0 Å². The van der Waals surface area contributed by atoms with Crippen LogP contribution in [0.15, 0.2) is 18.2 Å². The quantitative estimate of drug-likeness (QED) is 0.910. The summed E-state index contributed by atoms with van der Waals surface area (Å²) in [4.78, 5) is 0. The van der Waals surface area contributed by atoms with Crippen molar-refractivity contribution in [3.05, 3.63) is 34.3 Å². The van der Waals surface area contributed by atoms with Crippen molar-refractivity contribution in [3.63, 3.8) is 0 Å². The van der Waals surface area contributed by atoms with E-state index >= 15 is 0 Å². The molecule has 4 heteroatoms. The van der Waals surface area contributed by atoms with Crippen LogP contribution < -0.4 is 0 Å². The summed E-state index contributed by atoms with van der Waals surface area (Å²) < 4.78 is 11.4. The number of halogens is 1. The van der Waals surface area contributed by atoms with Crippen molar-refractivity contribution in [2.75, 3.05) is 19.8 Å². The first-order chi connectivity index (χ1) is 9.60. The third-order valence-electron chi connectivity index (χ3n) is 4.60. The summed E-state index contributed by atoms with van der Waals surface area (Å²) in [5.41, 5.74) is 1.86. The van der Waals surface area contributed by atoms with E-state index in [1.807, 2.05) is 25.1 Å². The molecule has 1 spiro atoms. The highest BCUT2D eigenvalue weighted by molar-refractivity contribution is 6.30. The SMILES string of the molecule is Cc1ccc(Cl)cc1C(O)C1CCOC2(CCOC2)C1. The molecule has 0 amide bonds. The first-order valence-electron chi connectivity index (χ1n) is 7.25. The van der Waals surface area contributed by atoms with Crippen molar-refractivity contribution >= 4 is 11.6 Å². The molecule has 1 N–H and O–H groups in total. The molecule has 0 aliphatic carbocycles. The van der Waals surface area contributed by atoms with Crippen molar-refractivity contribution in [3.8, 4) is 0 Å². The maximum absolute atomic E-state index is 10.7. The fourth-order valence-corrected chi connectivity index (χ4v) is 3.56. The van der Waals surface area contributed by atoms with Crippen molar-refractivity contribution in [2.45, 2.75) is 37.9 Å². The van der Waals surface area contributed by atoms with Crippen molar-refractivity contribution in [1.29, 1.82) is 0 Å². The van der Waals surface area contributed by atoms with Crippen LogP contribution in [0.2, 0.25) is 5.02 Å². The van der Waals surface area contributed by atoms with Crippen LogP contribution in [-0.2, 0) is 9.47 Å². The maximum Gasteiger partial charge on any atom is 0.0940 e. The number of aliphatic hydroxyl groups excluding tert-OH is 1. The van der Waals surface area contributed by atoms with Gasteiger partial charge >= 0.3 is 0 Å². The molecule has 1 aromatic rings. The topological polar surface area (TPSA) is 38.7 Å². The summed E-state index contributed by atoms with van der Waals surface area (Å²) in [6.07, 6.45) is 2.20. The van der Waals surface area contributed by atoms with Gasteiger partial charge in [0, 0.05) is 24.7 Å². The van der Waals surface area contributed by atoms with Crippen molar-refractivity contribution in [2.24, 2.45) is 5.92 Å². The van der Waals surface area contributed by atoms with Gasteiger partial charge in [-0.05, 0) is 48.9 Å². The summed E-state index contributed by atoms with van der Waals surface area (Å²) in [6.45, 7) is 4.14. The molecule has 2 aliphatic heterocycles. The molecule has 2 aliphatic rings. The van der Waals surface area contributed by atoms with Gasteiger partial charge in [0.05, 0.1) is 18.3 Å². The predicted molar refractivity (Wildman–Crippen MR) is 78.0 cm³/mol. The number of hydrogen-bond donors (Lipinski definition) is 1. The molecule has 110 valence electrons. The average Bonchev–Trinajstić information content (AvgIpc) is 2.88. The molecule has 3 rings (SSSR count). The van der Waals surface area contributed by atoms with Gasteiger partial charge in [-0.15, -0.1) is 0 Å². The maximum atomic E-state index is 10.7. The van der Waals surface area contributed by atoms with Crippen LogP contribution in [-0.4, -0.2) is 30.5 Å². The van der Waals surface area contributed by atoms with Crippen LogP contribution in [0.25, 0.3) is 0 Å². The van der Waals surface area contributed by atoms with Crippen LogP contribution in [0.3, 0.4) is 0 Å². The first kappa shape index (κ1) is 14.3. The van der Waals surface area contributed by atoms with Gasteiger partial charge in [-0.2, -0.15) is 0 Å². The van der Waals surface area contributed by atoms with Crippen molar-refractivity contribution in [1.82, 2.24) is 0 Å². The summed E-state index contributed by atoms with van der Waals surface area (Å²) in [6, 6.07) is 5.72. The van der Waals surface area contributed by atoms with E-state index in [0.717, 1.165) is 37.0 Å². The minimum atomic E-state index is -0.477. The number of hydrogen-bond acceptors (Lipinski definition) is 3. The van der Waals surface area contributed by atoms with Gasteiger partial charge in [-0.1, -0.05) is 17.7 Å². The zero-order valence-electron chi connectivity index (χ0n) is 11.8. The number of benzene rings is 1. The second kappa shape index (κ2) is 5.64. The minimum absolute atomic E-state index is 0.170. The number of aliphatic hydroxyl groups is 1. The standard InChI is InChI=1S/C16H21ClO3/c1-11-2-3-13(17)8-14(11)15(18)12-4-6-20-16(9-12)5-7-19-10-16/h2-3,8,12,15,18H,4-7,9-10H2,1H3. The zero-order valence-corrected chi connectivity index (χ0v) is 12.5. The second-order valence-corrected chi connectivity index (χ2v) is 6.47. The summed E-state index contributed by atoms with van der Waals surface area (Å²) in [7, 11) is 0. The molecule has 1 aromatic carbocycles. The zero-order chi connectivity index (χ0) is 14.2. The summed E-state index contributed by atoms with van der Waals surface area (Å²) in [5, 5.41) is 11.4. The van der Waals surface area contributed by atoms with Gasteiger partial charge in [-0.3, -0.25) is 0 Å². The Morgan fingerprint density at radius 2 is 2.25 bits per heavy atom. The summed E-state index contributed by atoms with van der Waals surface area (Å²) in [5.74, 6) is 0.211. The molecule has 3 nitrogen and oxygen atoms in total. The van der Waals surface area contributed by atoms with Crippen molar-refractivity contribution < 1.29 is 14.6 Å². The molecular formula is C16H21ClO3. The fourth-order valence-electron chi connectivity index (χ4n) is 3.38. The highest BCUT2D eigenvalue weighted by atomic mass is 35.5. The van der Waals surface area contributed by atoms with Gasteiger partial charge in [0.25, 0.3) is 0 Å². The van der Waals surface area contributed by atoms with Crippen LogP contribution in [0, 0.1) is 12.8 Å². The minimum Gasteiger partial charge on any atom is -0.388 e. The van der Waals surface area contributed by atoms with E-state index in [9.17, 15) is 5.11 Å². The molecule has 0 bridgehead atoms. The largest absolute Gasteiger partial charge is 0.388 e. The lowest BCUT2D eigenvalue weighted by atomic mass is 9.79. The van der Waals surface area contributed by atoms with E-state index in [1.165, 1.54) is 0 Å². The molecule has 0 radical (unpaired) electrons. The van der Waals surface area contributed by atoms with E-state index in [0.29, 0.717) is 18.2 Å². The van der Waals surface area contributed by atoms with Crippen LogP contribution in [0.1, 0.15) is 36.5 Å². The Morgan fingerprint density at radius 1 is 1.40 bits per heavy atom. The van der Waals surface area contributed by atoms with E-state index < -0.39 is 6.10 Å². The van der Waals surface area contributed by atoms with Gasteiger partial charge in [0.2, 0.25) is 0 Å². The lowest BCUT2D eigenvalue weighted by molar-refractivity contribution is -0.117. The van der Waals surface area contributed by atoms with Crippen LogP contribution >= 0.6 is 11.6 Å². The van der Waals surface area contributed by atoms with Gasteiger partial charge in [0.1, 0.15) is 0 Å². The van der Waals surface area contributed by atoms with Gasteiger partial charge < -0.3 is 14.6 Å². The Kier molecular flexibility index (Phi) is 4.04. The molecular weight excluding hydrogens is 276 g/mol. The van der Waals surface area contributed by atoms with Gasteiger partial charge in [-0.25, -0.2) is 0 Å². The smallest absolute Gasteiger partial charge is 0.0940 e. The third-order valence-corrected chi connectivity index (χ3v) is 4.84. The predicted octanol–water partition coefficient (Wildman–Crippen LogP) is 3.27. The molecule has 2 fully saturated rings. The molecule has 0 aromatic heterocycles. The summed E-state index contributed by atoms with van der Waals surface area (Å²) >= 11 is 6.06. The highest BCUT2D eigenvalue weighted by Gasteiger charge is 2.43. The van der Waals surface area contributed by atoms with Gasteiger partial charge in [0.15, 0.2) is 0 Å². The number of aryl methyl sites for hydroxylation is 1. The molecule has 3 unspecified atom stereocenters. The third kappa shape index (κ3) is 2.73. The highest BCUT2D eigenvalue weighted by Crippen LogP contribution is 2.41. The Morgan fingerprint density at radius 3 is 3.00 bits per heavy atom. The Bertz CT molecular complexity index is 483. The average molecular weight is 297 g/mol. The lowest BCUT2D eigenvalue weighted by Crippen LogP contribution is -2.42. The first-order valence-corrected chi connectivity index (χ1v) is 7.63. The molecule has 2 saturated heterocycles. The molecule has 0 saturated carbocycles. The monoisotopic (exact) mass is 296 g/mol. The Labute approximate surface area is 124 Å². The number of ether oxygens (including phenoxy) is 2. The van der Waals surface area contributed by atoms with E-state index in [2.05, 4.69) is 0 Å². The lowest BCUT2D eigenvalue weighted by Gasteiger charge is -2.39. The molecule has 3 atom stereocenters. The van der Waals surface area contributed by atoms with E-state index in [1.54, 1.807) is 0 Å². The van der Waals surface area contributed by atoms with Crippen LogP contribution in [0.4, 0.5) is 0 Å².